The zero-order valence-corrected chi connectivity index (χ0v) is 33.6. The highest BCUT2D eigenvalue weighted by atomic mass is 32.2. The van der Waals surface area contributed by atoms with Crippen LogP contribution in [0.4, 0.5) is 0 Å². The SMILES string of the molecule is COC(=O)CC(CS(=O)(=O)N(COCC[Si](C)(C)C)COCC[Si](C)(C)C)c1ccc(OCc2cccc(Oc3ccnc(OC)c3)c2)cc1. The van der Waals surface area contributed by atoms with E-state index in [0.717, 1.165) is 17.7 Å². The number of sulfonamides is 1. The average molecular weight is 747 g/mol. The van der Waals surface area contributed by atoms with Gasteiger partial charge in [-0.1, -0.05) is 63.5 Å². The lowest BCUT2D eigenvalue weighted by Gasteiger charge is -2.26. The van der Waals surface area contributed by atoms with Gasteiger partial charge in [-0.15, -0.1) is 0 Å². The summed E-state index contributed by atoms with van der Waals surface area (Å²) in [5.41, 5.74) is 1.57. The molecule has 1 aromatic heterocycles. The molecule has 0 radical (unpaired) electrons. The zero-order valence-electron chi connectivity index (χ0n) is 30.8. The molecule has 0 aliphatic heterocycles. The van der Waals surface area contributed by atoms with Gasteiger partial charge in [0.25, 0.3) is 0 Å². The van der Waals surface area contributed by atoms with Gasteiger partial charge in [-0.3, -0.25) is 4.79 Å². The lowest BCUT2D eigenvalue weighted by atomic mass is 9.97. The van der Waals surface area contributed by atoms with E-state index in [-0.39, 0.29) is 32.2 Å². The first-order chi connectivity index (χ1) is 23.6. The maximum Gasteiger partial charge on any atom is 0.306 e. The van der Waals surface area contributed by atoms with Gasteiger partial charge >= 0.3 is 5.97 Å². The largest absolute Gasteiger partial charge is 0.489 e. The first kappa shape index (κ1) is 41.1. The predicted octanol–water partition coefficient (Wildman–Crippen LogP) is 7.36. The predicted molar refractivity (Wildman–Crippen MR) is 201 cm³/mol. The summed E-state index contributed by atoms with van der Waals surface area (Å²) < 4.78 is 62.8. The number of hydrogen-bond acceptors (Lipinski definition) is 10. The van der Waals surface area contributed by atoms with Crippen molar-refractivity contribution in [2.24, 2.45) is 0 Å². The molecule has 1 heterocycles. The molecule has 2 aromatic carbocycles. The third-order valence-electron chi connectivity index (χ3n) is 7.72. The van der Waals surface area contributed by atoms with Crippen LogP contribution in [-0.2, 0) is 35.6 Å². The van der Waals surface area contributed by atoms with E-state index in [1.54, 1.807) is 49.7 Å². The summed E-state index contributed by atoms with van der Waals surface area (Å²) >= 11 is 0. The van der Waals surface area contributed by atoms with Crippen LogP contribution in [0.25, 0.3) is 0 Å². The van der Waals surface area contributed by atoms with Crippen LogP contribution in [0, 0.1) is 0 Å². The molecule has 0 fully saturated rings. The van der Waals surface area contributed by atoms with Crippen LogP contribution in [0.1, 0.15) is 23.5 Å². The molecule has 3 aromatic rings. The van der Waals surface area contributed by atoms with Crippen LogP contribution in [0.3, 0.4) is 0 Å². The molecule has 11 nitrogen and oxygen atoms in total. The lowest BCUT2D eigenvalue weighted by Crippen LogP contribution is -2.39. The van der Waals surface area contributed by atoms with E-state index in [9.17, 15) is 13.2 Å². The third-order valence-corrected chi connectivity index (χ3v) is 12.9. The second-order valence-corrected chi connectivity index (χ2v) is 27.8. The zero-order chi connectivity index (χ0) is 36.8. The number of pyridine rings is 1. The monoisotopic (exact) mass is 746 g/mol. The molecule has 50 heavy (non-hydrogen) atoms. The minimum atomic E-state index is -3.90. The lowest BCUT2D eigenvalue weighted by molar-refractivity contribution is -0.140. The van der Waals surface area contributed by atoms with Crippen LogP contribution in [0.2, 0.25) is 51.4 Å². The second kappa shape index (κ2) is 19.4. The Labute approximate surface area is 300 Å². The van der Waals surface area contributed by atoms with E-state index in [0.29, 0.717) is 41.9 Å². The van der Waals surface area contributed by atoms with Crippen molar-refractivity contribution < 1.29 is 41.6 Å². The molecule has 0 saturated heterocycles. The Bertz CT molecular complexity index is 1570. The summed E-state index contributed by atoms with van der Waals surface area (Å²) in [5, 5.41) is 0. The van der Waals surface area contributed by atoms with Crippen LogP contribution >= 0.6 is 0 Å². The Morgan fingerprint density at radius 1 is 0.820 bits per heavy atom. The normalized spacial score (nSPS) is 12.8. The summed E-state index contributed by atoms with van der Waals surface area (Å²) in [6, 6.07) is 19.9. The number of aromatic nitrogens is 1. The van der Waals surface area contributed by atoms with Gasteiger partial charge in [0.2, 0.25) is 15.9 Å². The van der Waals surface area contributed by atoms with Crippen molar-refractivity contribution >= 4 is 32.1 Å². The molecule has 1 unspecified atom stereocenters. The van der Waals surface area contributed by atoms with Crippen LogP contribution in [0.15, 0.2) is 66.9 Å². The third kappa shape index (κ3) is 15.3. The fourth-order valence-electron chi connectivity index (χ4n) is 4.61. The minimum absolute atomic E-state index is 0.104. The van der Waals surface area contributed by atoms with Crippen molar-refractivity contribution in [3.63, 3.8) is 0 Å². The van der Waals surface area contributed by atoms with Crippen molar-refractivity contribution in [1.29, 1.82) is 0 Å². The Kier molecular flexibility index (Phi) is 15.9. The second-order valence-electron chi connectivity index (χ2n) is 14.5. The first-order valence-electron chi connectivity index (χ1n) is 16.8. The van der Waals surface area contributed by atoms with Crippen molar-refractivity contribution in [1.82, 2.24) is 9.29 Å². The summed E-state index contributed by atoms with van der Waals surface area (Å²) in [6.45, 7) is 14.5. The van der Waals surface area contributed by atoms with Crippen molar-refractivity contribution in [3.05, 3.63) is 78.0 Å². The van der Waals surface area contributed by atoms with Crippen molar-refractivity contribution in [3.8, 4) is 23.1 Å². The van der Waals surface area contributed by atoms with Gasteiger partial charge < -0.3 is 28.4 Å². The highest BCUT2D eigenvalue weighted by Gasteiger charge is 2.30. The molecule has 276 valence electrons. The van der Waals surface area contributed by atoms with Gasteiger partial charge in [0.05, 0.1) is 26.4 Å². The van der Waals surface area contributed by atoms with Crippen molar-refractivity contribution in [2.45, 2.75) is 70.3 Å². The van der Waals surface area contributed by atoms with Crippen molar-refractivity contribution in [2.75, 3.05) is 46.6 Å². The Morgan fingerprint density at radius 2 is 1.44 bits per heavy atom. The number of nitrogens with zero attached hydrogens (tertiary/aromatic N) is 2. The average Bonchev–Trinajstić information content (AvgIpc) is 3.05. The first-order valence-corrected chi connectivity index (χ1v) is 25.8. The maximum absolute atomic E-state index is 13.9. The van der Waals surface area contributed by atoms with Crippen LogP contribution in [0.5, 0.6) is 23.1 Å². The topological polar surface area (TPSA) is 123 Å². The summed E-state index contributed by atoms with van der Waals surface area (Å²) in [7, 11) is -3.78. The number of rotatable bonds is 22. The van der Waals surface area contributed by atoms with Crippen LogP contribution < -0.4 is 14.2 Å². The molecule has 0 spiro atoms. The summed E-state index contributed by atoms with van der Waals surface area (Å²) in [4.78, 5) is 16.5. The minimum Gasteiger partial charge on any atom is -0.489 e. The van der Waals surface area contributed by atoms with Gasteiger partial charge in [0, 0.05) is 47.5 Å². The number of benzene rings is 2. The molecule has 0 bridgehead atoms. The molecule has 3 rings (SSSR count). The molecule has 0 aliphatic rings. The molecule has 0 amide bonds. The Hall–Kier alpha value is -3.28. The van der Waals surface area contributed by atoms with Gasteiger partial charge in [-0.25, -0.2) is 13.4 Å². The summed E-state index contributed by atoms with van der Waals surface area (Å²) in [6.07, 6.45) is 1.51. The van der Waals surface area contributed by atoms with E-state index in [2.05, 4.69) is 44.3 Å². The molecule has 0 saturated carbocycles. The highest BCUT2D eigenvalue weighted by Crippen LogP contribution is 2.28. The van der Waals surface area contributed by atoms with E-state index < -0.39 is 38.1 Å². The smallest absolute Gasteiger partial charge is 0.306 e. The molecular weight excluding hydrogens is 693 g/mol. The van der Waals surface area contributed by atoms with E-state index in [4.69, 9.17) is 28.4 Å². The standard InChI is InChI=1S/C36H54N2O9SSi2/c1-42-35-24-34(16-17-37-35)47-33-11-9-10-29(22-33)25-46-32-14-12-30(13-15-32)31(23-36(39)43-2)26-48(40,41)38(27-44-18-20-49(3,4)5)28-45-19-21-50(6,7)8/h9-17,22,24,31H,18-21,23,25-28H2,1-8H3. The van der Waals surface area contributed by atoms with E-state index in [1.165, 1.54) is 11.4 Å². The molecule has 1 atom stereocenters. The number of hydrogen-bond donors (Lipinski definition) is 0. The van der Waals surface area contributed by atoms with E-state index >= 15 is 0 Å². The molecule has 14 heteroatoms. The Balaban J connectivity index is 1.70. The highest BCUT2D eigenvalue weighted by molar-refractivity contribution is 7.89. The van der Waals surface area contributed by atoms with Gasteiger partial charge in [0.15, 0.2) is 0 Å². The van der Waals surface area contributed by atoms with E-state index in [1.807, 2.05) is 24.3 Å². The van der Waals surface area contributed by atoms with Crippen LogP contribution in [-0.4, -0.2) is 86.5 Å². The fourth-order valence-corrected chi connectivity index (χ4v) is 7.62. The molecule has 0 N–H and O–H groups in total. The number of carbonyl (C=O) groups is 1. The van der Waals surface area contributed by atoms with Gasteiger partial charge in [-0.05, 0) is 53.5 Å². The number of ether oxygens (including phenoxy) is 6. The Morgan fingerprint density at radius 3 is 2.02 bits per heavy atom. The fraction of sp³-hybridized carbons (Fsp3) is 0.500. The number of carbonyl (C=O) groups excluding carboxylic acids is 1. The molecular formula is C36H54N2O9SSi2. The summed E-state index contributed by atoms with van der Waals surface area (Å²) in [5.74, 6) is 0.813. The quantitative estimate of drug-likeness (QED) is 0.0446. The van der Waals surface area contributed by atoms with Gasteiger partial charge in [0.1, 0.15) is 37.3 Å². The number of methoxy groups -OCH3 is 2. The maximum atomic E-state index is 13.9. The number of esters is 1. The van der Waals surface area contributed by atoms with Gasteiger partial charge in [-0.2, -0.15) is 4.31 Å². The molecule has 0 aliphatic carbocycles.